The molecule has 2 rings (SSSR count). The van der Waals surface area contributed by atoms with E-state index < -0.39 is 17.7 Å². The van der Waals surface area contributed by atoms with Gasteiger partial charge < -0.3 is 19.7 Å². The smallest absolute Gasteiger partial charge is 0.336 e. The maximum Gasteiger partial charge on any atom is 0.336 e. The van der Waals surface area contributed by atoms with Gasteiger partial charge in [-0.15, -0.1) is 0 Å². The van der Waals surface area contributed by atoms with Crippen molar-refractivity contribution in [2.45, 2.75) is 32.6 Å². The fourth-order valence-electron chi connectivity index (χ4n) is 3.30. The lowest BCUT2D eigenvalue weighted by molar-refractivity contribution is -0.141. The molecule has 0 bridgehead atoms. The van der Waals surface area contributed by atoms with Gasteiger partial charge in [0.15, 0.2) is 0 Å². The lowest BCUT2D eigenvalue weighted by atomic mass is 9.83. The first-order valence-electron chi connectivity index (χ1n) is 9.58. The second kappa shape index (κ2) is 10.7. The van der Waals surface area contributed by atoms with Gasteiger partial charge in [0.25, 0.3) is 0 Å². The van der Waals surface area contributed by atoms with Crippen molar-refractivity contribution in [2.75, 3.05) is 33.4 Å². The van der Waals surface area contributed by atoms with E-state index in [4.69, 9.17) is 9.47 Å². The summed E-state index contributed by atoms with van der Waals surface area (Å²) < 4.78 is 23.4. The van der Waals surface area contributed by atoms with Crippen LogP contribution in [0, 0.1) is 5.82 Å². The van der Waals surface area contributed by atoms with Gasteiger partial charge in [0.05, 0.1) is 12.2 Å². The summed E-state index contributed by atoms with van der Waals surface area (Å²) in [5, 5.41) is 2.73. The highest BCUT2D eigenvalue weighted by Gasteiger charge is 2.37. The number of benzene rings is 1. The van der Waals surface area contributed by atoms with Crippen LogP contribution in [0.4, 0.5) is 4.39 Å². The van der Waals surface area contributed by atoms with E-state index in [0.29, 0.717) is 36.4 Å². The summed E-state index contributed by atoms with van der Waals surface area (Å²) in [6, 6.07) is 5.69. The minimum atomic E-state index is -0.553. The van der Waals surface area contributed by atoms with E-state index in [2.05, 4.69) is 5.32 Å². The molecule has 1 aliphatic rings. The number of amides is 2. The second-order valence-electron chi connectivity index (χ2n) is 6.70. The number of hydrogen-bond donors (Lipinski definition) is 1. The van der Waals surface area contributed by atoms with Crippen LogP contribution in [0.15, 0.2) is 35.5 Å². The fourth-order valence-corrected chi connectivity index (χ4v) is 3.30. The van der Waals surface area contributed by atoms with Crippen molar-refractivity contribution in [1.82, 2.24) is 10.2 Å². The molecular formula is C21H27FN2O5. The molecule has 0 fully saturated rings. The van der Waals surface area contributed by atoms with E-state index in [1.165, 1.54) is 17.0 Å². The topological polar surface area (TPSA) is 84.9 Å². The van der Waals surface area contributed by atoms with Crippen molar-refractivity contribution < 1.29 is 28.2 Å². The predicted molar refractivity (Wildman–Crippen MR) is 104 cm³/mol. The number of methoxy groups -OCH3 is 1. The number of hydrogen-bond acceptors (Lipinski definition) is 5. The Labute approximate surface area is 169 Å². The first-order valence-corrected chi connectivity index (χ1v) is 9.58. The minimum absolute atomic E-state index is 0.00588. The third-order valence-corrected chi connectivity index (χ3v) is 4.74. The summed E-state index contributed by atoms with van der Waals surface area (Å²) in [5.74, 6) is -2.10. The normalized spacial score (nSPS) is 16.8. The quantitative estimate of drug-likeness (QED) is 0.502. The van der Waals surface area contributed by atoms with Gasteiger partial charge in [-0.1, -0.05) is 12.1 Å². The van der Waals surface area contributed by atoms with Crippen LogP contribution < -0.4 is 5.32 Å². The summed E-state index contributed by atoms with van der Waals surface area (Å²) in [4.78, 5) is 38.9. The summed E-state index contributed by atoms with van der Waals surface area (Å²) >= 11 is 0. The van der Waals surface area contributed by atoms with Crippen molar-refractivity contribution in [3.8, 4) is 0 Å². The Morgan fingerprint density at radius 1 is 1.28 bits per heavy atom. The molecule has 0 saturated heterocycles. The molecule has 1 heterocycles. The number of carbonyl (C=O) groups excluding carboxylic acids is 3. The van der Waals surface area contributed by atoms with E-state index >= 15 is 0 Å². The summed E-state index contributed by atoms with van der Waals surface area (Å²) in [7, 11) is 1.58. The van der Waals surface area contributed by atoms with Gasteiger partial charge >= 0.3 is 5.97 Å². The maximum atomic E-state index is 13.3. The summed E-state index contributed by atoms with van der Waals surface area (Å²) in [5.41, 5.74) is 1.33. The van der Waals surface area contributed by atoms with Crippen molar-refractivity contribution >= 4 is 17.8 Å². The van der Waals surface area contributed by atoms with E-state index in [9.17, 15) is 18.8 Å². The Hall–Kier alpha value is -2.74. The first-order chi connectivity index (χ1) is 13.9. The zero-order chi connectivity index (χ0) is 21.4. The third kappa shape index (κ3) is 5.87. The van der Waals surface area contributed by atoms with Gasteiger partial charge in [-0.3, -0.25) is 9.59 Å². The van der Waals surface area contributed by atoms with Gasteiger partial charge in [-0.25, -0.2) is 9.18 Å². The molecule has 7 nitrogen and oxygen atoms in total. The monoisotopic (exact) mass is 406 g/mol. The first kappa shape index (κ1) is 22.5. The molecule has 1 atom stereocenters. The van der Waals surface area contributed by atoms with Crippen LogP contribution in [0.25, 0.3) is 0 Å². The molecule has 0 aliphatic carbocycles. The molecule has 1 N–H and O–H groups in total. The van der Waals surface area contributed by atoms with Crippen LogP contribution in [-0.2, 0) is 23.9 Å². The standard InChI is InChI=1S/C21H27FN2O5/c1-4-29-21(27)20-14(2)24(13-18(25)23-10-5-11-28-3)19(26)12-17(20)15-6-8-16(22)9-7-15/h6-9,17H,4-5,10-13H2,1-3H3,(H,23,25)/t17-/m1/s1. The number of nitrogens with one attached hydrogen (secondary N) is 1. The van der Waals surface area contributed by atoms with E-state index in [0.717, 1.165) is 0 Å². The molecule has 0 aromatic heterocycles. The molecule has 1 aromatic rings. The predicted octanol–water partition coefficient (Wildman–Crippen LogP) is 2.13. The van der Waals surface area contributed by atoms with Crippen LogP contribution in [0.1, 0.15) is 38.2 Å². The Bertz CT molecular complexity index is 776. The Morgan fingerprint density at radius 3 is 2.59 bits per heavy atom. The second-order valence-corrected chi connectivity index (χ2v) is 6.70. The largest absolute Gasteiger partial charge is 0.463 e. The Kier molecular flexibility index (Phi) is 8.33. The van der Waals surface area contributed by atoms with Gasteiger partial charge in [0, 0.05) is 38.3 Å². The number of esters is 1. The molecule has 0 radical (unpaired) electrons. The van der Waals surface area contributed by atoms with Crippen molar-refractivity contribution in [3.05, 3.63) is 46.9 Å². The van der Waals surface area contributed by atoms with Crippen LogP contribution >= 0.6 is 0 Å². The molecular weight excluding hydrogens is 379 g/mol. The summed E-state index contributed by atoms with van der Waals surface area (Å²) in [6.45, 7) is 4.27. The number of halogens is 1. The molecule has 1 aromatic carbocycles. The van der Waals surface area contributed by atoms with E-state index in [-0.39, 0.29) is 31.4 Å². The zero-order valence-corrected chi connectivity index (χ0v) is 17.0. The number of ether oxygens (including phenoxy) is 2. The van der Waals surface area contributed by atoms with Gasteiger partial charge in [0.1, 0.15) is 12.4 Å². The SMILES string of the molecule is CCOC(=O)C1=C(C)N(CC(=O)NCCCOC)C(=O)C[C@@H]1c1ccc(F)cc1. The third-order valence-electron chi connectivity index (χ3n) is 4.74. The number of nitrogens with zero attached hydrogens (tertiary/aromatic N) is 1. The molecule has 29 heavy (non-hydrogen) atoms. The van der Waals surface area contributed by atoms with Crippen LogP contribution in [-0.4, -0.2) is 56.1 Å². The van der Waals surface area contributed by atoms with Crippen LogP contribution in [0.3, 0.4) is 0 Å². The Morgan fingerprint density at radius 2 is 1.97 bits per heavy atom. The van der Waals surface area contributed by atoms with E-state index in [1.807, 2.05) is 0 Å². The highest BCUT2D eigenvalue weighted by Crippen LogP contribution is 2.37. The van der Waals surface area contributed by atoms with Crippen molar-refractivity contribution in [2.24, 2.45) is 0 Å². The van der Waals surface area contributed by atoms with Gasteiger partial charge in [-0.05, 0) is 38.0 Å². The highest BCUT2D eigenvalue weighted by molar-refractivity contribution is 5.97. The molecule has 8 heteroatoms. The molecule has 2 amide bonds. The minimum Gasteiger partial charge on any atom is -0.463 e. The number of allylic oxidation sites excluding steroid dienone is 1. The van der Waals surface area contributed by atoms with Crippen molar-refractivity contribution in [3.63, 3.8) is 0 Å². The summed E-state index contributed by atoms with van der Waals surface area (Å²) in [6.07, 6.45) is 0.653. The average Bonchev–Trinajstić information content (AvgIpc) is 2.69. The number of carbonyl (C=O) groups is 3. The zero-order valence-electron chi connectivity index (χ0n) is 17.0. The molecule has 0 spiro atoms. The molecule has 1 aliphatic heterocycles. The molecule has 0 unspecified atom stereocenters. The molecule has 0 saturated carbocycles. The lowest BCUT2D eigenvalue weighted by Gasteiger charge is -2.34. The number of rotatable bonds is 9. The van der Waals surface area contributed by atoms with Gasteiger partial charge in [-0.2, -0.15) is 0 Å². The van der Waals surface area contributed by atoms with Gasteiger partial charge in [0.2, 0.25) is 11.8 Å². The van der Waals surface area contributed by atoms with Crippen molar-refractivity contribution in [1.29, 1.82) is 0 Å². The van der Waals surface area contributed by atoms with Crippen LogP contribution in [0.5, 0.6) is 0 Å². The lowest BCUT2D eigenvalue weighted by Crippen LogP contribution is -2.44. The highest BCUT2D eigenvalue weighted by atomic mass is 19.1. The average molecular weight is 406 g/mol. The fraction of sp³-hybridized carbons (Fsp3) is 0.476. The molecule has 158 valence electrons. The van der Waals surface area contributed by atoms with E-state index in [1.54, 1.807) is 33.1 Å². The maximum absolute atomic E-state index is 13.3. The Balaban J connectivity index is 2.27. The van der Waals surface area contributed by atoms with Crippen LogP contribution in [0.2, 0.25) is 0 Å².